The Morgan fingerprint density at radius 1 is 1.16 bits per heavy atom. The molecule has 0 aromatic carbocycles. The number of barbiturate groups is 1. The summed E-state index contributed by atoms with van der Waals surface area (Å²) >= 11 is 0. The van der Waals surface area contributed by atoms with Crippen LogP contribution in [0.4, 0.5) is 4.79 Å². The zero-order chi connectivity index (χ0) is 13.6. The predicted molar refractivity (Wildman–Crippen MR) is 57.4 cm³/mol. The molecule has 3 rings (SSSR count). The lowest BCUT2D eigenvalue weighted by atomic mass is 10.2. The number of rotatable bonds is 1. The van der Waals surface area contributed by atoms with E-state index < -0.39 is 29.8 Å². The number of nitrogens with one attached hydrogen (secondary N) is 2. The van der Waals surface area contributed by atoms with E-state index >= 15 is 0 Å². The van der Waals surface area contributed by atoms with Crippen molar-refractivity contribution < 1.29 is 19.2 Å². The van der Waals surface area contributed by atoms with Crippen molar-refractivity contribution in [3.05, 3.63) is 23.5 Å². The maximum atomic E-state index is 12.0. The number of carbonyl (C=O) groups excluding carboxylic acids is 4. The van der Waals surface area contributed by atoms with Crippen molar-refractivity contribution in [3.63, 3.8) is 0 Å². The molecule has 0 saturated carbocycles. The van der Waals surface area contributed by atoms with E-state index in [1.165, 1.54) is 6.20 Å². The van der Waals surface area contributed by atoms with E-state index in [0.717, 1.165) is 4.90 Å². The zero-order valence-corrected chi connectivity index (χ0v) is 9.41. The van der Waals surface area contributed by atoms with Gasteiger partial charge in [0.25, 0.3) is 17.7 Å². The van der Waals surface area contributed by atoms with Crippen molar-refractivity contribution in [2.75, 3.05) is 0 Å². The highest BCUT2D eigenvalue weighted by Crippen LogP contribution is 2.22. The molecule has 1 fully saturated rings. The lowest BCUT2D eigenvalue weighted by Gasteiger charge is -2.28. The van der Waals surface area contributed by atoms with E-state index in [2.05, 4.69) is 10.2 Å². The fourth-order valence-electron chi connectivity index (χ4n) is 2.06. The predicted octanol–water partition coefficient (Wildman–Crippen LogP) is -1.83. The molecule has 3 heterocycles. The van der Waals surface area contributed by atoms with Crippen molar-refractivity contribution in [1.29, 1.82) is 0 Å². The quantitative estimate of drug-likeness (QED) is 0.573. The number of hydrogen-bond acceptors (Lipinski definition) is 6. The van der Waals surface area contributed by atoms with E-state index in [1.54, 1.807) is 6.07 Å². The Kier molecular flexibility index (Phi) is 2.27. The molecule has 9 heteroatoms. The molecular weight excluding hydrogens is 254 g/mol. The number of amides is 5. The van der Waals surface area contributed by atoms with Gasteiger partial charge in [0.1, 0.15) is 0 Å². The van der Waals surface area contributed by atoms with Crippen molar-refractivity contribution >= 4 is 23.8 Å². The number of carbonyl (C=O) groups is 4. The molecule has 9 nitrogen and oxygen atoms in total. The first-order valence-corrected chi connectivity index (χ1v) is 5.35. The second kappa shape index (κ2) is 3.83. The minimum atomic E-state index is -1.38. The zero-order valence-electron chi connectivity index (χ0n) is 9.41. The molecule has 5 amide bonds. The fourth-order valence-corrected chi connectivity index (χ4v) is 2.06. The van der Waals surface area contributed by atoms with Gasteiger partial charge in [-0.3, -0.25) is 25.0 Å². The number of nitrogens with zero attached hydrogens (tertiary/aromatic N) is 3. The Labute approximate surface area is 106 Å². The van der Waals surface area contributed by atoms with Gasteiger partial charge in [-0.05, 0) is 6.07 Å². The van der Waals surface area contributed by atoms with Crippen LogP contribution in [0.3, 0.4) is 0 Å². The Morgan fingerprint density at radius 3 is 2.47 bits per heavy atom. The van der Waals surface area contributed by atoms with Gasteiger partial charge in [0, 0.05) is 18.3 Å². The summed E-state index contributed by atoms with van der Waals surface area (Å²) in [6, 6.07) is -0.682. The van der Waals surface area contributed by atoms with Gasteiger partial charge in [-0.25, -0.2) is 4.79 Å². The summed E-state index contributed by atoms with van der Waals surface area (Å²) in [6.07, 6.45) is 1.42. The minimum Gasteiger partial charge on any atom is -0.312 e. The summed E-state index contributed by atoms with van der Waals surface area (Å²) in [5.74, 6) is -2.22. The molecule has 2 N–H and O–H groups in total. The topological polar surface area (TPSA) is 121 Å². The third-order valence-electron chi connectivity index (χ3n) is 2.89. The lowest BCUT2D eigenvalue weighted by molar-refractivity contribution is -0.136. The first-order chi connectivity index (χ1) is 9.08. The Morgan fingerprint density at radius 2 is 1.84 bits per heavy atom. The van der Waals surface area contributed by atoms with E-state index in [4.69, 9.17) is 0 Å². The van der Waals surface area contributed by atoms with Crippen molar-refractivity contribution in [2.45, 2.75) is 12.6 Å². The average molecular weight is 261 g/mol. The molecule has 1 aromatic rings. The van der Waals surface area contributed by atoms with Crippen LogP contribution < -0.4 is 10.6 Å². The van der Waals surface area contributed by atoms with Gasteiger partial charge in [0.2, 0.25) is 0 Å². The summed E-state index contributed by atoms with van der Waals surface area (Å²) in [5.41, 5.74) is 0.692. The Hall–Kier alpha value is -2.84. The van der Waals surface area contributed by atoms with Crippen LogP contribution >= 0.6 is 0 Å². The van der Waals surface area contributed by atoms with Gasteiger partial charge in [-0.2, -0.15) is 5.10 Å². The molecular formula is C10H7N5O4. The van der Waals surface area contributed by atoms with Crippen LogP contribution in [0.5, 0.6) is 0 Å². The van der Waals surface area contributed by atoms with Crippen molar-refractivity contribution in [1.82, 2.24) is 25.7 Å². The van der Waals surface area contributed by atoms with Crippen molar-refractivity contribution in [3.8, 4) is 0 Å². The number of urea groups is 1. The first kappa shape index (κ1) is 11.3. The highest BCUT2D eigenvalue weighted by atomic mass is 16.2. The Bertz CT molecular complexity index is 608. The largest absolute Gasteiger partial charge is 0.328 e. The molecule has 2 aliphatic heterocycles. The molecule has 0 radical (unpaired) electrons. The van der Waals surface area contributed by atoms with Crippen LogP contribution in [0.15, 0.2) is 12.3 Å². The van der Waals surface area contributed by atoms with Crippen LogP contribution in [0.2, 0.25) is 0 Å². The monoisotopic (exact) mass is 261 g/mol. The maximum Gasteiger partial charge on any atom is 0.328 e. The summed E-state index contributed by atoms with van der Waals surface area (Å²) in [4.78, 5) is 47.4. The fraction of sp³-hybridized carbons (Fsp3) is 0.200. The van der Waals surface area contributed by atoms with Gasteiger partial charge < -0.3 is 4.90 Å². The minimum absolute atomic E-state index is 0.0728. The summed E-state index contributed by atoms with van der Waals surface area (Å²) < 4.78 is 0. The molecule has 0 unspecified atom stereocenters. The van der Waals surface area contributed by atoms with E-state index in [-0.39, 0.29) is 12.2 Å². The SMILES string of the molecule is O=C1NC(=O)C(N2Cc3ccnnc3C2=O)C(=O)N1. The molecule has 0 spiro atoms. The third kappa shape index (κ3) is 1.63. The molecule has 0 aliphatic carbocycles. The van der Waals surface area contributed by atoms with E-state index in [9.17, 15) is 19.2 Å². The molecule has 1 aromatic heterocycles. The number of imide groups is 2. The smallest absolute Gasteiger partial charge is 0.312 e. The molecule has 0 atom stereocenters. The summed E-state index contributed by atoms with van der Waals surface area (Å²) in [6.45, 7) is 0.0728. The van der Waals surface area contributed by atoms with Gasteiger partial charge in [-0.15, -0.1) is 5.10 Å². The first-order valence-electron chi connectivity index (χ1n) is 5.35. The summed E-state index contributed by atoms with van der Waals surface area (Å²) in [7, 11) is 0. The lowest BCUT2D eigenvalue weighted by Crippen LogP contribution is -2.64. The van der Waals surface area contributed by atoms with Gasteiger partial charge in [0.05, 0.1) is 0 Å². The van der Waals surface area contributed by atoms with Crippen molar-refractivity contribution in [2.24, 2.45) is 0 Å². The molecule has 19 heavy (non-hydrogen) atoms. The number of hydrogen-bond donors (Lipinski definition) is 2. The van der Waals surface area contributed by atoms with Gasteiger partial charge >= 0.3 is 6.03 Å². The normalized spacial score (nSPS) is 19.3. The maximum absolute atomic E-state index is 12.0. The summed E-state index contributed by atoms with van der Waals surface area (Å²) in [5, 5.41) is 11.2. The molecule has 96 valence electrons. The van der Waals surface area contributed by atoms with E-state index in [1.807, 2.05) is 10.6 Å². The highest BCUT2D eigenvalue weighted by Gasteiger charge is 2.44. The molecule has 1 saturated heterocycles. The van der Waals surface area contributed by atoms with Gasteiger partial charge in [-0.1, -0.05) is 0 Å². The van der Waals surface area contributed by atoms with E-state index in [0.29, 0.717) is 5.56 Å². The second-order valence-electron chi connectivity index (χ2n) is 4.05. The molecule has 0 bridgehead atoms. The average Bonchev–Trinajstić information content (AvgIpc) is 2.66. The standard InChI is InChI=1S/C10H7N5O4/c16-7-6(8(17)13-10(19)12-7)15-3-4-1-2-11-14-5(4)9(15)18/h1-2,6H,3H2,(H2,12,13,16,17,19). The molecule has 2 aliphatic rings. The van der Waals surface area contributed by atoms with Crippen LogP contribution in [-0.2, 0) is 16.1 Å². The van der Waals surface area contributed by atoms with Gasteiger partial charge in [0.15, 0.2) is 11.7 Å². The second-order valence-corrected chi connectivity index (χ2v) is 4.05. The van der Waals surface area contributed by atoms with Crippen LogP contribution in [0.1, 0.15) is 16.1 Å². The Balaban J connectivity index is 1.93. The highest BCUT2D eigenvalue weighted by molar-refractivity contribution is 6.20. The number of aromatic nitrogens is 2. The van der Waals surface area contributed by atoms with Crippen LogP contribution in [0.25, 0.3) is 0 Å². The van der Waals surface area contributed by atoms with Crippen LogP contribution in [0, 0.1) is 0 Å². The van der Waals surface area contributed by atoms with Crippen LogP contribution in [-0.4, -0.2) is 44.9 Å². The number of fused-ring (bicyclic) bond motifs is 1. The third-order valence-corrected chi connectivity index (χ3v) is 2.89.